The topological polar surface area (TPSA) is 63.2 Å². The zero-order valence-electron chi connectivity index (χ0n) is 15.9. The molecule has 2 aromatic rings. The van der Waals surface area contributed by atoms with Crippen molar-refractivity contribution in [1.29, 1.82) is 0 Å². The average Bonchev–Trinajstić information content (AvgIpc) is 2.72. The van der Waals surface area contributed by atoms with Gasteiger partial charge in [-0.1, -0.05) is 28.1 Å². The molecular weight excluding hydrogens is 416 g/mol. The molecule has 0 aromatic heterocycles. The Morgan fingerprint density at radius 1 is 0.741 bits per heavy atom. The van der Waals surface area contributed by atoms with Crippen LogP contribution in [-0.2, 0) is 9.53 Å². The molecule has 2 rings (SSSR count). The van der Waals surface area contributed by atoms with E-state index in [1.165, 1.54) is 7.11 Å². The van der Waals surface area contributed by atoms with Gasteiger partial charge < -0.3 is 23.7 Å². The van der Waals surface area contributed by atoms with Crippen LogP contribution in [0.25, 0.3) is 0 Å². The van der Waals surface area contributed by atoms with Gasteiger partial charge in [0.05, 0.1) is 35.5 Å². The number of alkyl halides is 1. The normalized spacial score (nSPS) is 11.7. The summed E-state index contributed by atoms with van der Waals surface area (Å²) in [5.41, 5.74) is 1.71. The van der Waals surface area contributed by atoms with Gasteiger partial charge in [0.1, 0.15) is 4.83 Å². The molecule has 146 valence electrons. The van der Waals surface area contributed by atoms with Crippen LogP contribution in [0.15, 0.2) is 36.4 Å². The second-order valence-electron chi connectivity index (χ2n) is 5.63. The molecule has 0 radical (unpaired) electrons. The molecule has 0 bridgehead atoms. The van der Waals surface area contributed by atoms with E-state index < -0.39 is 4.83 Å². The lowest BCUT2D eigenvalue weighted by Gasteiger charge is -2.24. The third kappa shape index (κ3) is 4.47. The summed E-state index contributed by atoms with van der Waals surface area (Å²) in [6.45, 7) is 0. The summed E-state index contributed by atoms with van der Waals surface area (Å²) in [7, 11) is 7.64. The van der Waals surface area contributed by atoms with E-state index in [1.807, 2.05) is 24.3 Å². The highest BCUT2D eigenvalue weighted by atomic mass is 79.9. The standard InChI is InChI=1S/C20H23BrO6/c1-23-14-8-6-12(10-16(14)25-3)18(19(21)20(22)27-5)13-7-9-15(24-2)17(11-13)26-4/h6-11,18-19H,1-5H3/t19-/m0/s1. The molecule has 0 aliphatic rings. The molecule has 0 heterocycles. The summed E-state index contributed by atoms with van der Waals surface area (Å²) < 4.78 is 26.4. The quantitative estimate of drug-likeness (QED) is 0.461. The summed E-state index contributed by atoms with van der Waals surface area (Å²) in [6, 6.07) is 11.1. The lowest BCUT2D eigenvalue weighted by molar-refractivity contribution is -0.140. The zero-order valence-corrected chi connectivity index (χ0v) is 17.5. The molecule has 27 heavy (non-hydrogen) atoms. The number of rotatable bonds is 8. The second kappa shape index (κ2) is 9.50. The molecule has 0 N–H and O–H groups in total. The number of carbonyl (C=O) groups is 1. The van der Waals surface area contributed by atoms with E-state index in [4.69, 9.17) is 23.7 Å². The van der Waals surface area contributed by atoms with Gasteiger partial charge in [-0.05, 0) is 35.4 Å². The summed E-state index contributed by atoms with van der Waals surface area (Å²) >= 11 is 3.49. The van der Waals surface area contributed by atoms with Crippen LogP contribution in [0.5, 0.6) is 23.0 Å². The van der Waals surface area contributed by atoms with E-state index in [1.54, 1.807) is 40.6 Å². The maximum atomic E-state index is 12.3. The van der Waals surface area contributed by atoms with Crippen molar-refractivity contribution in [2.75, 3.05) is 35.5 Å². The minimum atomic E-state index is -0.612. The largest absolute Gasteiger partial charge is 0.493 e. The summed E-state index contributed by atoms with van der Waals surface area (Å²) in [5, 5.41) is 0. The summed E-state index contributed by atoms with van der Waals surface area (Å²) in [5.74, 6) is 1.63. The zero-order chi connectivity index (χ0) is 20.0. The molecule has 0 spiro atoms. The van der Waals surface area contributed by atoms with Gasteiger partial charge in [0.2, 0.25) is 0 Å². The summed E-state index contributed by atoms with van der Waals surface area (Å²) in [4.78, 5) is 11.7. The highest BCUT2D eigenvalue weighted by molar-refractivity contribution is 9.10. The van der Waals surface area contributed by atoms with E-state index in [2.05, 4.69) is 15.9 Å². The van der Waals surface area contributed by atoms with Crippen LogP contribution in [0.1, 0.15) is 17.0 Å². The van der Waals surface area contributed by atoms with E-state index >= 15 is 0 Å². The fraction of sp³-hybridized carbons (Fsp3) is 0.350. The van der Waals surface area contributed by atoms with Crippen molar-refractivity contribution in [2.45, 2.75) is 10.7 Å². The first-order valence-electron chi connectivity index (χ1n) is 8.16. The minimum Gasteiger partial charge on any atom is -0.493 e. The van der Waals surface area contributed by atoms with Crippen molar-refractivity contribution in [3.63, 3.8) is 0 Å². The Morgan fingerprint density at radius 3 is 1.48 bits per heavy atom. The number of hydrogen-bond donors (Lipinski definition) is 0. The third-order valence-corrected chi connectivity index (χ3v) is 5.15. The first-order valence-corrected chi connectivity index (χ1v) is 9.08. The van der Waals surface area contributed by atoms with Crippen LogP contribution < -0.4 is 18.9 Å². The maximum absolute atomic E-state index is 12.3. The van der Waals surface area contributed by atoms with Gasteiger partial charge in [-0.2, -0.15) is 0 Å². The predicted octanol–water partition coefficient (Wildman–Crippen LogP) is 3.79. The SMILES string of the molecule is COC(=O)[C@@H](Br)C(c1ccc(OC)c(OC)c1)c1ccc(OC)c(OC)c1. The Balaban J connectivity index is 2.61. The Labute approximate surface area is 167 Å². The molecule has 6 nitrogen and oxygen atoms in total. The fourth-order valence-corrected chi connectivity index (χ4v) is 3.67. The number of halogens is 1. The van der Waals surface area contributed by atoms with Gasteiger partial charge in [0, 0.05) is 5.92 Å². The molecule has 0 unspecified atom stereocenters. The van der Waals surface area contributed by atoms with Crippen LogP contribution in [0.2, 0.25) is 0 Å². The van der Waals surface area contributed by atoms with Crippen LogP contribution >= 0.6 is 15.9 Å². The number of benzene rings is 2. The molecule has 0 saturated carbocycles. The minimum absolute atomic E-state index is 0.350. The number of methoxy groups -OCH3 is 5. The lowest BCUT2D eigenvalue weighted by Crippen LogP contribution is -2.24. The van der Waals surface area contributed by atoms with Crippen LogP contribution in [0, 0.1) is 0 Å². The van der Waals surface area contributed by atoms with Gasteiger partial charge in [-0.3, -0.25) is 4.79 Å². The van der Waals surface area contributed by atoms with Crippen LogP contribution in [0.3, 0.4) is 0 Å². The smallest absolute Gasteiger partial charge is 0.320 e. The molecule has 0 aliphatic heterocycles. The Kier molecular flexibility index (Phi) is 7.36. The van der Waals surface area contributed by atoms with Crippen LogP contribution in [-0.4, -0.2) is 46.3 Å². The highest BCUT2D eigenvalue weighted by Gasteiger charge is 2.31. The van der Waals surface area contributed by atoms with Crippen molar-refractivity contribution in [3.8, 4) is 23.0 Å². The van der Waals surface area contributed by atoms with Crippen molar-refractivity contribution in [1.82, 2.24) is 0 Å². The van der Waals surface area contributed by atoms with E-state index in [9.17, 15) is 4.79 Å². The molecule has 0 aliphatic carbocycles. The van der Waals surface area contributed by atoms with Crippen molar-refractivity contribution >= 4 is 21.9 Å². The number of ether oxygens (including phenoxy) is 5. The first-order chi connectivity index (χ1) is 13.0. The monoisotopic (exact) mass is 438 g/mol. The van der Waals surface area contributed by atoms with E-state index in [0.717, 1.165) is 11.1 Å². The predicted molar refractivity (Wildman–Crippen MR) is 106 cm³/mol. The summed E-state index contributed by atoms with van der Waals surface area (Å²) in [6.07, 6.45) is 0. The van der Waals surface area contributed by atoms with Gasteiger partial charge in [-0.25, -0.2) is 0 Å². The molecule has 7 heteroatoms. The number of carbonyl (C=O) groups excluding carboxylic acids is 1. The highest BCUT2D eigenvalue weighted by Crippen LogP contribution is 2.40. The number of hydrogen-bond acceptors (Lipinski definition) is 6. The Morgan fingerprint density at radius 2 is 1.15 bits per heavy atom. The average molecular weight is 439 g/mol. The van der Waals surface area contributed by atoms with Gasteiger partial charge in [0.15, 0.2) is 23.0 Å². The molecule has 0 amide bonds. The van der Waals surface area contributed by atoms with Gasteiger partial charge >= 0.3 is 5.97 Å². The second-order valence-corrected chi connectivity index (χ2v) is 6.62. The maximum Gasteiger partial charge on any atom is 0.320 e. The van der Waals surface area contributed by atoms with Crippen molar-refractivity contribution in [2.24, 2.45) is 0 Å². The number of esters is 1. The van der Waals surface area contributed by atoms with Crippen molar-refractivity contribution in [3.05, 3.63) is 47.5 Å². The fourth-order valence-electron chi connectivity index (χ4n) is 2.87. The van der Waals surface area contributed by atoms with Gasteiger partial charge in [-0.15, -0.1) is 0 Å². The first kappa shape index (κ1) is 20.9. The molecule has 0 saturated heterocycles. The van der Waals surface area contributed by atoms with E-state index in [-0.39, 0.29) is 11.9 Å². The van der Waals surface area contributed by atoms with Gasteiger partial charge in [0.25, 0.3) is 0 Å². The van der Waals surface area contributed by atoms with Crippen molar-refractivity contribution < 1.29 is 28.5 Å². The lowest BCUT2D eigenvalue weighted by atomic mass is 9.88. The Bertz CT molecular complexity index is 737. The molecular formula is C20H23BrO6. The molecule has 2 aromatic carbocycles. The Hall–Kier alpha value is -2.41. The third-order valence-electron chi connectivity index (χ3n) is 4.25. The van der Waals surface area contributed by atoms with E-state index in [0.29, 0.717) is 23.0 Å². The van der Waals surface area contributed by atoms with Crippen LogP contribution in [0.4, 0.5) is 0 Å². The molecule has 1 atom stereocenters. The molecule has 0 fully saturated rings.